The number of carbonyl (C=O) groups is 1. The summed E-state index contributed by atoms with van der Waals surface area (Å²) in [6, 6.07) is 5.22. The second-order valence-corrected chi connectivity index (χ2v) is 3.52. The summed E-state index contributed by atoms with van der Waals surface area (Å²) in [5.74, 6) is 0.623. The van der Waals surface area contributed by atoms with E-state index in [9.17, 15) is 4.79 Å². The van der Waals surface area contributed by atoms with E-state index in [1.54, 1.807) is 25.3 Å². The summed E-state index contributed by atoms with van der Waals surface area (Å²) in [5.41, 5.74) is 2.94. The van der Waals surface area contributed by atoms with Gasteiger partial charge in [-0.05, 0) is 30.7 Å². The van der Waals surface area contributed by atoms with Crippen molar-refractivity contribution in [3.05, 3.63) is 23.8 Å². The van der Waals surface area contributed by atoms with Crippen molar-refractivity contribution < 1.29 is 19.4 Å². The van der Waals surface area contributed by atoms with Gasteiger partial charge in [-0.25, -0.2) is 5.43 Å². The largest absolute Gasteiger partial charge is 0.493 e. The molecule has 0 saturated heterocycles. The van der Waals surface area contributed by atoms with Gasteiger partial charge >= 0.3 is 0 Å². The first kappa shape index (κ1) is 14.0. The van der Waals surface area contributed by atoms with Crippen LogP contribution < -0.4 is 14.9 Å². The first-order valence-corrected chi connectivity index (χ1v) is 5.31. The molecule has 6 nitrogen and oxygen atoms in total. The highest BCUT2D eigenvalue weighted by atomic mass is 16.5. The zero-order valence-corrected chi connectivity index (χ0v) is 10.5. The topological polar surface area (TPSA) is 80.2 Å². The Bertz CT molecular complexity index is 444. The number of benzene rings is 1. The van der Waals surface area contributed by atoms with Crippen molar-refractivity contribution in [1.29, 1.82) is 0 Å². The van der Waals surface area contributed by atoms with E-state index < -0.39 is 12.0 Å². The molecule has 0 aliphatic carbocycles. The lowest BCUT2D eigenvalue weighted by Gasteiger charge is -2.07. The van der Waals surface area contributed by atoms with Crippen LogP contribution in [0.5, 0.6) is 11.5 Å². The van der Waals surface area contributed by atoms with E-state index in [-0.39, 0.29) is 0 Å². The van der Waals surface area contributed by atoms with Crippen LogP contribution in [0.4, 0.5) is 0 Å². The molecule has 1 atom stereocenters. The number of methoxy groups -OCH3 is 2. The number of rotatable bonds is 5. The molecular weight excluding hydrogens is 236 g/mol. The van der Waals surface area contributed by atoms with Crippen molar-refractivity contribution in [2.45, 2.75) is 13.0 Å². The Morgan fingerprint density at radius 2 is 2.06 bits per heavy atom. The zero-order valence-electron chi connectivity index (χ0n) is 10.5. The lowest BCUT2D eigenvalue weighted by atomic mass is 10.2. The Hall–Kier alpha value is -2.08. The quantitative estimate of drug-likeness (QED) is 0.592. The molecule has 0 spiro atoms. The molecule has 0 aromatic heterocycles. The van der Waals surface area contributed by atoms with Crippen LogP contribution in [0.1, 0.15) is 12.5 Å². The van der Waals surface area contributed by atoms with E-state index in [1.807, 2.05) is 0 Å². The maximum absolute atomic E-state index is 11.0. The van der Waals surface area contributed by atoms with Crippen LogP contribution in [0.25, 0.3) is 0 Å². The number of amides is 1. The summed E-state index contributed by atoms with van der Waals surface area (Å²) in [5, 5.41) is 12.7. The molecule has 1 rings (SSSR count). The van der Waals surface area contributed by atoms with Crippen molar-refractivity contribution in [3.8, 4) is 11.5 Å². The summed E-state index contributed by atoms with van der Waals surface area (Å²) in [4.78, 5) is 11.0. The Balaban J connectivity index is 2.73. The number of carbonyl (C=O) groups excluding carboxylic acids is 1. The van der Waals surface area contributed by atoms with Crippen molar-refractivity contribution in [2.24, 2.45) is 5.10 Å². The van der Waals surface area contributed by atoms with E-state index in [0.29, 0.717) is 11.5 Å². The summed E-state index contributed by atoms with van der Waals surface area (Å²) in [6.45, 7) is 1.36. The Morgan fingerprint density at radius 1 is 1.39 bits per heavy atom. The Kier molecular flexibility index (Phi) is 5.13. The second-order valence-electron chi connectivity index (χ2n) is 3.52. The number of aliphatic hydroxyl groups is 1. The fourth-order valence-corrected chi connectivity index (χ4v) is 1.20. The number of hydrogen-bond donors (Lipinski definition) is 2. The number of hydrazone groups is 1. The number of hydrogen-bond acceptors (Lipinski definition) is 5. The van der Waals surface area contributed by atoms with E-state index >= 15 is 0 Å². The summed E-state index contributed by atoms with van der Waals surface area (Å²) < 4.78 is 10.2. The summed E-state index contributed by atoms with van der Waals surface area (Å²) in [7, 11) is 3.09. The van der Waals surface area contributed by atoms with Crippen LogP contribution in [0.15, 0.2) is 23.3 Å². The minimum atomic E-state index is -1.09. The van der Waals surface area contributed by atoms with Gasteiger partial charge in [0, 0.05) is 0 Å². The smallest absolute Gasteiger partial charge is 0.268 e. The van der Waals surface area contributed by atoms with Gasteiger partial charge in [0.1, 0.15) is 6.10 Å². The van der Waals surface area contributed by atoms with Gasteiger partial charge in [-0.1, -0.05) is 0 Å². The molecule has 1 aromatic rings. The predicted molar refractivity (Wildman–Crippen MR) is 67.0 cm³/mol. The fraction of sp³-hybridized carbons (Fsp3) is 0.333. The van der Waals surface area contributed by atoms with Crippen molar-refractivity contribution in [2.75, 3.05) is 14.2 Å². The van der Waals surface area contributed by atoms with E-state index in [0.717, 1.165) is 5.56 Å². The highest BCUT2D eigenvalue weighted by molar-refractivity contribution is 5.84. The van der Waals surface area contributed by atoms with Crippen molar-refractivity contribution in [3.63, 3.8) is 0 Å². The fourth-order valence-electron chi connectivity index (χ4n) is 1.20. The molecule has 0 unspecified atom stereocenters. The monoisotopic (exact) mass is 252 g/mol. The molecule has 1 aromatic carbocycles. The van der Waals surface area contributed by atoms with Gasteiger partial charge in [-0.2, -0.15) is 5.10 Å². The van der Waals surface area contributed by atoms with E-state index in [1.165, 1.54) is 20.2 Å². The molecule has 98 valence electrons. The number of nitrogens with one attached hydrogen (secondary N) is 1. The molecule has 18 heavy (non-hydrogen) atoms. The van der Waals surface area contributed by atoms with Gasteiger partial charge in [0.25, 0.3) is 5.91 Å². The van der Waals surface area contributed by atoms with Crippen LogP contribution in [-0.2, 0) is 4.79 Å². The molecule has 0 aliphatic heterocycles. The minimum absolute atomic E-state index is 0.563. The van der Waals surface area contributed by atoms with E-state index in [2.05, 4.69) is 10.5 Å². The first-order valence-electron chi connectivity index (χ1n) is 5.31. The first-order chi connectivity index (χ1) is 8.58. The molecule has 0 bridgehead atoms. The minimum Gasteiger partial charge on any atom is -0.493 e. The molecule has 2 N–H and O–H groups in total. The maximum Gasteiger partial charge on any atom is 0.268 e. The van der Waals surface area contributed by atoms with Gasteiger partial charge in [-0.3, -0.25) is 4.79 Å². The van der Waals surface area contributed by atoms with Gasteiger partial charge in [0.05, 0.1) is 20.4 Å². The lowest BCUT2D eigenvalue weighted by Crippen LogP contribution is -2.28. The highest BCUT2D eigenvalue weighted by Crippen LogP contribution is 2.26. The Morgan fingerprint density at radius 3 is 2.61 bits per heavy atom. The third-order valence-electron chi connectivity index (χ3n) is 2.18. The summed E-state index contributed by atoms with van der Waals surface area (Å²) in [6.07, 6.45) is 0.356. The maximum atomic E-state index is 11.0. The molecule has 0 saturated carbocycles. The molecule has 6 heteroatoms. The van der Waals surface area contributed by atoms with E-state index in [4.69, 9.17) is 14.6 Å². The van der Waals surface area contributed by atoms with Gasteiger partial charge in [0.15, 0.2) is 11.5 Å². The zero-order chi connectivity index (χ0) is 13.5. The van der Waals surface area contributed by atoms with Crippen molar-refractivity contribution in [1.82, 2.24) is 5.43 Å². The third kappa shape index (κ3) is 3.74. The van der Waals surface area contributed by atoms with Crippen LogP contribution in [0.2, 0.25) is 0 Å². The normalized spacial score (nSPS) is 12.2. The number of nitrogens with zero attached hydrogens (tertiary/aromatic N) is 1. The SMILES string of the molecule is COc1ccc(/C=N\NC(=O)[C@@H](C)O)cc1OC. The molecule has 0 radical (unpaired) electrons. The van der Waals surface area contributed by atoms with Crippen LogP contribution >= 0.6 is 0 Å². The second kappa shape index (κ2) is 6.61. The molecule has 0 fully saturated rings. The lowest BCUT2D eigenvalue weighted by molar-refractivity contribution is -0.128. The Labute approximate surface area is 105 Å². The van der Waals surface area contributed by atoms with Crippen molar-refractivity contribution >= 4 is 12.1 Å². The molecule has 1 amide bonds. The highest BCUT2D eigenvalue weighted by Gasteiger charge is 2.06. The summed E-state index contributed by atoms with van der Waals surface area (Å²) >= 11 is 0. The molecule has 0 aliphatic rings. The van der Waals surface area contributed by atoms with Gasteiger partial charge in [-0.15, -0.1) is 0 Å². The molecule has 0 heterocycles. The standard InChI is InChI=1S/C12H16N2O4/c1-8(15)12(16)14-13-7-9-4-5-10(17-2)11(6-9)18-3/h4-8,15H,1-3H3,(H,14,16)/b13-7-/t8-/m1/s1. The number of aliphatic hydroxyl groups excluding tert-OH is 1. The third-order valence-corrected chi connectivity index (χ3v) is 2.18. The predicted octanol–water partition coefficient (Wildman–Crippen LogP) is 0.535. The van der Waals surface area contributed by atoms with Crippen LogP contribution in [0.3, 0.4) is 0 Å². The van der Waals surface area contributed by atoms with Crippen LogP contribution in [0, 0.1) is 0 Å². The molecular formula is C12H16N2O4. The number of ether oxygens (including phenoxy) is 2. The average Bonchev–Trinajstić information content (AvgIpc) is 2.38. The van der Waals surface area contributed by atoms with Gasteiger partial charge < -0.3 is 14.6 Å². The average molecular weight is 252 g/mol. The van der Waals surface area contributed by atoms with Crippen LogP contribution in [-0.4, -0.2) is 37.6 Å². The van der Waals surface area contributed by atoms with Gasteiger partial charge in [0.2, 0.25) is 0 Å².